The summed E-state index contributed by atoms with van der Waals surface area (Å²) < 4.78 is 16.4. The number of esters is 1. The van der Waals surface area contributed by atoms with Crippen molar-refractivity contribution in [3.63, 3.8) is 0 Å². The monoisotopic (exact) mass is 442 g/mol. The van der Waals surface area contributed by atoms with Gasteiger partial charge in [-0.3, -0.25) is 19.8 Å². The Labute approximate surface area is 186 Å². The molecule has 3 atom stereocenters. The lowest BCUT2D eigenvalue weighted by atomic mass is 10.0. The first-order chi connectivity index (χ1) is 15.0. The minimum absolute atomic E-state index is 0.145. The van der Waals surface area contributed by atoms with E-state index in [2.05, 4.69) is 5.32 Å². The molecule has 0 radical (unpaired) electrons. The maximum atomic E-state index is 13.8. The zero-order valence-corrected chi connectivity index (χ0v) is 18.6. The third-order valence-corrected chi connectivity index (χ3v) is 6.87. The van der Waals surface area contributed by atoms with Gasteiger partial charge in [-0.1, -0.05) is 12.1 Å². The van der Waals surface area contributed by atoms with E-state index in [0.29, 0.717) is 5.75 Å². The molecule has 2 aliphatic rings. The highest BCUT2D eigenvalue weighted by Gasteiger charge is 2.43. The first-order valence-electron chi connectivity index (χ1n) is 10.2. The zero-order chi connectivity index (χ0) is 22.0. The third-order valence-electron chi connectivity index (χ3n) is 5.52. The van der Waals surface area contributed by atoms with Gasteiger partial charge in [0.05, 0.1) is 31.3 Å². The van der Waals surface area contributed by atoms with Crippen LogP contribution in [0.25, 0.3) is 0 Å². The number of carbonyl (C=O) groups excluding carboxylic acids is 2. The molecule has 2 heterocycles. The summed E-state index contributed by atoms with van der Waals surface area (Å²) in [5.41, 5.74) is 1.67. The number of hydrogen-bond acceptors (Lipinski definition) is 7. The number of methoxy groups -OCH3 is 2. The lowest BCUT2D eigenvalue weighted by Gasteiger charge is -2.32. The Morgan fingerprint density at radius 2 is 1.81 bits per heavy atom. The predicted molar refractivity (Wildman–Crippen MR) is 119 cm³/mol. The van der Waals surface area contributed by atoms with Crippen LogP contribution in [0.3, 0.4) is 0 Å². The molecule has 2 aromatic carbocycles. The fourth-order valence-corrected chi connectivity index (χ4v) is 5.37. The summed E-state index contributed by atoms with van der Waals surface area (Å²) in [6.45, 7) is 2.18. The van der Waals surface area contributed by atoms with Gasteiger partial charge in [0, 0.05) is 11.8 Å². The number of benzene rings is 2. The van der Waals surface area contributed by atoms with Crippen molar-refractivity contribution in [1.82, 2.24) is 5.32 Å². The first kappa shape index (κ1) is 21.5. The minimum atomic E-state index is -0.961. The molecule has 7 nitrogen and oxygen atoms in total. The summed E-state index contributed by atoms with van der Waals surface area (Å²) in [6, 6.07) is 13.2. The number of rotatable bonds is 5. The highest BCUT2D eigenvalue weighted by molar-refractivity contribution is 7.99. The topological polar surface area (TPSA) is 77.1 Å². The van der Waals surface area contributed by atoms with E-state index >= 15 is 0 Å². The van der Waals surface area contributed by atoms with Crippen LogP contribution < -0.4 is 19.7 Å². The molecule has 2 aliphatic heterocycles. The number of carbonyl (C=O) groups is 2. The summed E-state index contributed by atoms with van der Waals surface area (Å²) in [4.78, 5) is 28.5. The van der Waals surface area contributed by atoms with Crippen molar-refractivity contribution in [2.24, 2.45) is 0 Å². The van der Waals surface area contributed by atoms with Crippen LogP contribution in [-0.2, 0) is 14.3 Å². The van der Waals surface area contributed by atoms with Gasteiger partial charge in [0.25, 0.3) is 5.91 Å². The smallest absolute Gasteiger partial charge is 0.303 e. The maximum absolute atomic E-state index is 13.8. The highest BCUT2D eigenvalue weighted by atomic mass is 32.2. The van der Waals surface area contributed by atoms with Crippen molar-refractivity contribution in [1.29, 1.82) is 0 Å². The second-order valence-electron chi connectivity index (χ2n) is 7.50. The molecule has 1 fully saturated rings. The Bertz CT molecular complexity index is 959. The van der Waals surface area contributed by atoms with Crippen LogP contribution in [0, 0.1) is 0 Å². The number of nitrogens with zero attached hydrogens (tertiary/aromatic N) is 1. The average Bonchev–Trinajstić information content (AvgIpc) is 3.27. The molecule has 1 amide bonds. The number of anilines is 1. The Balaban J connectivity index is 1.83. The molecule has 0 saturated carbocycles. The van der Waals surface area contributed by atoms with E-state index in [9.17, 15) is 9.59 Å². The summed E-state index contributed by atoms with van der Waals surface area (Å²) in [5, 5.41) is 2.99. The predicted octanol–water partition coefficient (Wildman–Crippen LogP) is 3.53. The molecule has 8 heteroatoms. The standard InChI is InChI=1S/C23H26N2O5S/c1-14(26)30-21-22(15-6-8-16(28-2)9-7-15)31-19-13-17(29-3)10-11-18(19)25(23(21)27)20-5-4-12-24-20/h6-11,13,20-22,24H,4-5,12H2,1-3H3/t20-,21-,22+/m1/s1. The Morgan fingerprint density at radius 3 is 2.42 bits per heavy atom. The van der Waals surface area contributed by atoms with E-state index in [-0.39, 0.29) is 12.1 Å². The molecule has 164 valence electrons. The van der Waals surface area contributed by atoms with Crippen LogP contribution >= 0.6 is 11.8 Å². The molecule has 0 spiro atoms. The quantitative estimate of drug-likeness (QED) is 0.710. The minimum Gasteiger partial charge on any atom is -0.497 e. The van der Waals surface area contributed by atoms with Gasteiger partial charge in [-0.05, 0) is 55.3 Å². The molecule has 0 aromatic heterocycles. The maximum Gasteiger partial charge on any atom is 0.303 e. The van der Waals surface area contributed by atoms with Gasteiger partial charge in [-0.2, -0.15) is 0 Å². The number of hydrogen-bond donors (Lipinski definition) is 1. The van der Waals surface area contributed by atoms with Crippen LogP contribution in [0.15, 0.2) is 47.4 Å². The SMILES string of the molecule is COc1ccc([C@@H]2Sc3cc(OC)ccc3N([C@@H]3CCCN3)C(=O)[C@@H]2OC(C)=O)cc1. The molecule has 1 saturated heterocycles. The van der Waals surface area contributed by atoms with Crippen molar-refractivity contribution < 1.29 is 23.8 Å². The fraction of sp³-hybridized carbons (Fsp3) is 0.391. The summed E-state index contributed by atoms with van der Waals surface area (Å²) >= 11 is 1.50. The van der Waals surface area contributed by atoms with Gasteiger partial charge in [0.2, 0.25) is 0 Å². The van der Waals surface area contributed by atoms with E-state index < -0.39 is 17.3 Å². The van der Waals surface area contributed by atoms with Crippen molar-refractivity contribution in [2.75, 3.05) is 25.7 Å². The van der Waals surface area contributed by atoms with Gasteiger partial charge in [0.1, 0.15) is 11.5 Å². The number of ether oxygens (including phenoxy) is 3. The van der Waals surface area contributed by atoms with Crippen molar-refractivity contribution >= 4 is 29.3 Å². The average molecular weight is 443 g/mol. The second kappa shape index (κ2) is 9.20. The third kappa shape index (κ3) is 4.36. The number of thioether (sulfide) groups is 1. The van der Waals surface area contributed by atoms with Gasteiger partial charge in [-0.25, -0.2) is 0 Å². The van der Waals surface area contributed by atoms with Crippen molar-refractivity contribution in [3.8, 4) is 11.5 Å². The molecular weight excluding hydrogens is 416 g/mol. The second-order valence-corrected chi connectivity index (χ2v) is 8.68. The van der Waals surface area contributed by atoms with E-state index in [1.165, 1.54) is 18.7 Å². The lowest BCUT2D eigenvalue weighted by molar-refractivity contribution is -0.153. The Kier molecular flexibility index (Phi) is 6.38. The molecular formula is C23H26N2O5S. The van der Waals surface area contributed by atoms with Gasteiger partial charge in [0.15, 0.2) is 6.10 Å². The fourth-order valence-electron chi connectivity index (χ4n) is 4.03. The molecule has 31 heavy (non-hydrogen) atoms. The first-order valence-corrected chi connectivity index (χ1v) is 11.1. The van der Waals surface area contributed by atoms with Crippen LogP contribution in [0.5, 0.6) is 11.5 Å². The van der Waals surface area contributed by atoms with Crippen LogP contribution in [0.1, 0.15) is 30.6 Å². The largest absolute Gasteiger partial charge is 0.497 e. The van der Waals surface area contributed by atoms with Crippen LogP contribution in [-0.4, -0.2) is 44.9 Å². The molecule has 0 aliphatic carbocycles. The summed E-state index contributed by atoms with van der Waals surface area (Å²) in [6.07, 6.45) is 0.708. The Hall–Kier alpha value is -2.71. The van der Waals surface area contributed by atoms with Gasteiger partial charge >= 0.3 is 5.97 Å². The zero-order valence-electron chi connectivity index (χ0n) is 17.8. The van der Waals surface area contributed by atoms with E-state index in [0.717, 1.165) is 41.3 Å². The number of fused-ring (bicyclic) bond motifs is 1. The van der Waals surface area contributed by atoms with E-state index in [4.69, 9.17) is 14.2 Å². The van der Waals surface area contributed by atoms with Crippen LogP contribution in [0.2, 0.25) is 0 Å². The normalized spacial score (nSPS) is 23.1. The van der Waals surface area contributed by atoms with Crippen molar-refractivity contribution in [2.45, 2.75) is 42.2 Å². The summed E-state index contributed by atoms with van der Waals surface area (Å²) in [7, 11) is 3.22. The summed E-state index contributed by atoms with van der Waals surface area (Å²) in [5.74, 6) is 0.709. The van der Waals surface area contributed by atoms with E-state index in [1.54, 1.807) is 19.1 Å². The van der Waals surface area contributed by atoms with Gasteiger partial charge < -0.3 is 14.2 Å². The van der Waals surface area contributed by atoms with Crippen LogP contribution in [0.4, 0.5) is 5.69 Å². The number of nitrogens with one attached hydrogen (secondary N) is 1. The molecule has 4 rings (SSSR count). The number of amides is 1. The molecule has 0 unspecified atom stereocenters. The molecule has 1 N–H and O–H groups in total. The van der Waals surface area contributed by atoms with Gasteiger partial charge in [-0.15, -0.1) is 11.8 Å². The van der Waals surface area contributed by atoms with E-state index in [1.807, 2.05) is 42.5 Å². The lowest BCUT2D eigenvalue weighted by Crippen LogP contribution is -2.51. The molecule has 0 bridgehead atoms. The van der Waals surface area contributed by atoms with Crippen molar-refractivity contribution in [3.05, 3.63) is 48.0 Å². The molecule has 2 aromatic rings. The highest BCUT2D eigenvalue weighted by Crippen LogP contribution is 2.48. The Morgan fingerprint density at radius 1 is 1.10 bits per heavy atom.